The van der Waals surface area contributed by atoms with E-state index in [0.29, 0.717) is 18.4 Å². The van der Waals surface area contributed by atoms with E-state index in [4.69, 9.17) is 9.84 Å². The molecular formula is C11H17NO2. The lowest BCUT2D eigenvalue weighted by atomic mass is 10.1. The largest absolute Gasteiger partial charge is 0.477 e. The summed E-state index contributed by atoms with van der Waals surface area (Å²) in [6.45, 7) is 4.88. The predicted molar refractivity (Wildman–Crippen MR) is 55.3 cm³/mol. The summed E-state index contributed by atoms with van der Waals surface area (Å²) in [5.41, 5.74) is 1.14. The highest BCUT2D eigenvalue weighted by atomic mass is 16.5. The van der Waals surface area contributed by atoms with Gasteiger partial charge in [-0.05, 0) is 30.9 Å². The second-order valence-electron chi connectivity index (χ2n) is 3.60. The van der Waals surface area contributed by atoms with Crippen molar-refractivity contribution in [1.29, 1.82) is 0 Å². The lowest BCUT2D eigenvalue weighted by molar-refractivity contribution is 0.203. The number of aromatic nitrogens is 1. The van der Waals surface area contributed by atoms with Gasteiger partial charge in [-0.3, -0.25) is 0 Å². The van der Waals surface area contributed by atoms with Crippen molar-refractivity contribution in [3.63, 3.8) is 0 Å². The van der Waals surface area contributed by atoms with Crippen LogP contribution in [0.4, 0.5) is 0 Å². The molecule has 1 rings (SSSR count). The molecule has 0 saturated carbocycles. The quantitative estimate of drug-likeness (QED) is 0.778. The maximum absolute atomic E-state index is 8.71. The van der Waals surface area contributed by atoms with Gasteiger partial charge < -0.3 is 9.84 Å². The van der Waals surface area contributed by atoms with Crippen LogP contribution in [0.5, 0.6) is 5.88 Å². The molecule has 0 spiro atoms. The Balaban J connectivity index is 2.37. The topological polar surface area (TPSA) is 42.4 Å². The second-order valence-corrected chi connectivity index (χ2v) is 3.60. The molecule has 0 aliphatic heterocycles. The summed E-state index contributed by atoms with van der Waals surface area (Å²) in [5, 5.41) is 8.71. The van der Waals surface area contributed by atoms with E-state index in [0.717, 1.165) is 12.0 Å². The van der Waals surface area contributed by atoms with Crippen LogP contribution in [-0.2, 0) is 0 Å². The summed E-state index contributed by atoms with van der Waals surface area (Å²) in [4.78, 5) is 4.09. The average Bonchev–Trinajstić information content (AvgIpc) is 2.15. The van der Waals surface area contributed by atoms with Crippen molar-refractivity contribution in [3.8, 4) is 5.88 Å². The highest BCUT2D eigenvalue weighted by Crippen LogP contribution is 2.10. The van der Waals surface area contributed by atoms with Crippen LogP contribution in [0.15, 0.2) is 18.3 Å². The predicted octanol–water partition coefficient (Wildman–Crippen LogP) is 1.79. The van der Waals surface area contributed by atoms with Crippen molar-refractivity contribution in [3.05, 3.63) is 23.9 Å². The summed E-state index contributed by atoms with van der Waals surface area (Å²) < 4.78 is 5.48. The molecule has 3 nitrogen and oxygen atoms in total. The molecule has 0 fully saturated rings. The van der Waals surface area contributed by atoms with Gasteiger partial charge in [0.2, 0.25) is 5.88 Å². The van der Waals surface area contributed by atoms with E-state index < -0.39 is 0 Å². The minimum absolute atomic E-state index is 0.214. The number of pyridine rings is 1. The van der Waals surface area contributed by atoms with Gasteiger partial charge in [-0.15, -0.1) is 0 Å². The van der Waals surface area contributed by atoms with Crippen molar-refractivity contribution < 1.29 is 9.84 Å². The highest BCUT2D eigenvalue weighted by Gasteiger charge is 2.02. The normalized spacial score (nSPS) is 12.5. The molecule has 1 atom stereocenters. The zero-order valence-corrected chi connectivity index (χ0v) is 8.73. The number of aliphatic hydroxyl groups excluding tert-OH is 1. The Morgan fingerprint density at radius 2 is 2.36 bits per heavy atom. The molecule has 14 heavy (non-hydrogen) atoms. The third kappa shape index (κ3) is 3.75. The van der Waals surface area contributed by atoms with Crippen LogP contribution >= 0.6 is 0 Å². The Hall–Kier alpha value is -1.09. The Morgan fingerprint density at radius 1 is 1.57 bits per heavy atom. The maximum atomic E-state index is 8.71. The van der Waals surface area contributed by atoms with E-state index in [2.05, 4.69) is 4.98 Å². The van der Waals surface area contributed by atoms with Gasteiger partial charge in [0, 0.05) is 18.9 Å². The molecule has 0 aliphatic rings. The van der Waals surface area contributed by atoms with Gasteiger partial charge in [-0.1, -0.05) is 6.92 Å². The molecule has 1 N–H and O–H groups in total. The Labute approximate surface area is 84.7 Å². The Bertz CT molecular complexity index is 276. The Kier molecular flexibility index (Phi) is 4.40. The van der Waals surface area contributed by atoms with E-state index in [9.17, 15) is 0 Å². The molecule has 0 aromatic carbocycles. The van der Waals surface area contributed by atoms with Gasteiger partial charge in [0.1, 0.15) is 0 Å². The van der Waals surface area contributed by atoms with Gasteiger partial charge in [-0.25, -0.2) is 4.98 Å². The van der Waals surface area contributed by atoms with Crippen LogP contribution in [0.3, 0.4) is 0 Å². The molecule has 3 heteroatoms. The number of nitrogens with zero attached hydrogens (tertiary/aromatic N) is 1. The first-order valence-electron chi connectivity index (χ1n) is 4.88. The van der Waals surface area contributed by atoms with Gasteiger partial charge in [-0.2, -0.15) is 0 Å². The SMILES string of the molecule is Cc1ccnc(OCC(C)CCO)c1. The van der Waals surface area contributed by atoms with Gasteiger partial charge in [0.25, 0.3) is 0 Å². The number of hydrogen-bond acceptors (Lipinski definition) is 3. The molecule has 1 heterocycles. The van der Waals surface area contributed by atoms with E-state index in [-0.39, 0.29) is 6.61 Å². The van der Waals surface area contributed by atoms with Crippen molar-refractivity contribution in [1.82, 2.24) is 4.98 Å². The van der Waals surface area contributed by atoms with Crippen LogP contribution in [0.25, 0.3) is 0 Å². The standard InChI is InChI=1S/C11H17NO2/c1-9-3-5-12-11(7-9)14-8-10(2)4-6-13/h3,5,7,10,13H,4,6,8H2,1-2H3. The van der Waals surface area contributed by atoms with E-state index in [1.807, 2.05) is 26.0 Å². The minimum Gasteiger partial charge on any atom is -0.477 e. The summed E-state index contributed by atoms with van der Waals surface area (Å²) in [5.74, 6) is 1.03. The van der Waals surface area contributed by atoms with Crippen molar-refractivity contribution in [2.45, 2.75) is 20.3 Å². The van der Waals surface area contributed by atoms with Crippen LogP contribution in [0, 0.1) is 12.8 Å². The highest BCUT2D eigenvalue weighted by molar-refractivity contribution is 5.18. The first-order chi connectivity index (χ1) is 6.72. The zero-order valence-electron chi connectivity index (χ0n) is 8.73. The first kappa shape index (κ1) is 11.0. The molecular weight excluding hydrogens is 178 g/mol. The third-order valence-corrected chi connectivity index (χ3v) is 2.03. The van der Waals surface area contributed by atoms with E-state index >= 15 is 0 Å². The first-order valence-corrected chi connectivity index (χ1v) is 4.88. The minimum atomic E-state index is 0.214. The fourth-order valence-electron chi connectivity index (χ4n) is 1.12. The van der Waals surface area contributed by atoms with E-state index in [1.54, 1.807) is 6.20 Å². The summed E-state index contributed by atoms with van der Waals surface area (Å²) >= 11 is 0. The van der Waals surface area contributed by atoms with Crippen molar-refractivity contribution >= 4 is 0 Å². The fraction of sp³-hybridized carbons (Fsp3) is 0.545. The number of aryl methyl sites for hydroxylation is 1. The monoisotopic (exact) mass is 195 g/mol. The number of rotatable bonds is 5. The van der Waals surface area contributed by atoms with Crippen LogP contribution in [0.2, 0.25) is 0 Å². The van der Waals surface area contributed by atoms with Gasteiger partial charge in [0.15, 0.2) is 0 Å². The lowest BCUT2D eigenvalue weighted by Crippen LogP contribution is -2.10. The number of ether oxygens (including phenoxy) is 1. The molecule has 0 radical (unpaired) electrons. The van der Waals surface area contributed by atoms with Gasteiger partial charge in [0.05, 0.1) is 6.61 Å². The van der Waals surface area contributed by atoms with Crippen LogP contribution in [-0.4, -0.2) is 23.3 Å². The summed E-state index contributed by atoms with van der Waals surface area (Å²) in [6, 6.07) is 3.84. The molecule has 1 aromatic heterocycles. The summed E-state index contributed by atoms with van der Waals surface area (Å²) in [7, 11) is 0. The second kappa shape index (κ2) is 5.60. The lowest BCUT2D eigenvalue weighted by Gasteiger charge is -2.10. The van der Waals surface area contributed by atoms with Crippen molar-refractivity contribution in [2.75, 3.05) is 13.2 Å². The molecule has 1 unspecified atom stereocenters. The van der Waals surface area contributed by atoms with Crippen LogP contribution < -0.4 is 4.74 Å². The maximum Gasteiger partial charge on any atom is 0.213 e. The van der Waals surface area contributed by atoms with Crippen molar-refractivity contribution in [2.24, 2.45) is 5.92 Å². The molecule has 0 saturated heterocycles. The fourth-order valence-corrected chi connectivity index (χ4v) is 1.12. The molecule has 0 amide bonds. The number of aliphatic hydroxyl groups is 1. The Morgan fingerprint density at radius 3 is 3.00 bits per heavy atom. The third-order valence-electron chi connectivity index (χ3n) is 2.03. The van der Waals surface area contributed by atoms with Gasteiger partial charge >= 0.3 is 0 Å². The smallest absolute Gasteiger partial charge is 0.213 e. The van der Waals surface area contributed by atoms with E-state index in [1.165, 1.54) is 0 Å². The molecule has 78 valence electrons. The van der Waals surface area contributed by atoms with Crippen LogP contribution in [0.1, 0.15) is 18.9 Å². The molecule has 1 aromatic rings. The molecule has 0 bridgehead atoms. The molecule has 0 aliphatic carbocycles. The zero-order chi connectivity index (χ0) is 10.4. The average molecular weight is 195 g/mol. The number of hydrogen-bond donors (Lipinski definition) is 1. The summed E-state index contributed by atoms with van der Waals surface area (Å²) in [6.07, 6.45) is 2.51.